The number of urea groups is 1. The fraction of sp³-hybridized carbons (Fsp3) is 0.435. The van der Waals surface area contributed by atoms with Gasteiger partial charge in [0.05, 0.1) is 0 Å². The molecular formula is C23H30FN3O. The van der Waals surface area contributed by atoms with Gasteiger partial charge < -0.3 is 10.6 Å². The fourth-order valence-electron chi connectivity index (χ4n) is 3.63. The summed E-state index contributed by atoms with van der Waals surface area (Å²) in [4.78, 5) is 14.6. The maximum atomic E-state index is 13.0. The van der Waals surface area contributed by atoms with Crippen LogP contribution in [0.2, 0.25) is 0 Å². The molecule has 1 saturated heterocycles. The van der Waals surface area contributed by atoms with Gasteiger partial charge in [0, 0.05) is 31.7 Å². The second kappa shape index (κ2) is 10.2. The van der Waals surface area contributed by atoms with Crippen molar-refractivity contribution >= 4 is 6.03 Å². The number of amides is 2. The van der Waals surface area contributed by atoms with Gasteiger partial charge in [-0.3, -0.25) is 4.90 Å². The van der Waals surface area contributed by atoms with Gasteiger partial charge in [-0.2, -0.15) is 0 Å². The van der Waals surface area contributed by atoms with Crippen LogP contribution in [-0.4, -0.2) is 36.1 Å². The highest BCUT2D eigenvalue weighted by molar-refractivity contribution is 5.74. The smallest absolute Gasteiger partial charge is 0.315 e. The molecule has 0 bridgehead atoms. The van der Waals surface area contributed by atoms with Gasteiger partial charge >= 0.3 is 6.03 Å². The third-order valence-corrected chi connectivity index (χ3v) is 5.33. The summed E-state index contributed by atoms with van der Waals surface area (Å²) in [6.07, 6.45) is 3.76. The van der Waals surface area contributed by atoms with Crippen LogP contribution in [0.15, 0.2) is 54.6 Å². The standard InChI is InChI=1S/C23H30FN3O/c1-18(7-8-19-5-3-2-4-6-19)25-23(28)26-22-13-15-27(16-14-22)17-20-9-11-21(24)12-10-20/h2-6,9-12,18,22H,7-8,13-17H2,1H3,(H2,25,26,28). The molecule has 1 atom stereocenters. The molecular weight excluding hydrogens is 353 g/mol. The zero-order chi connectivity index (χ0) is 19.8. The molecule has 5 heteroatoms. The Hall–Kier alpha value is -2.40. The van der Waals surface area contributed by atoms with Gasteiger partial charge in [-0.15, -0.1) is 0 Å². The average Bonchev–Trinajstić information content (AvgIpc) is 2.70. The van der Waals surface area contributed by atoms with E-state index >= 15 is 0 Å². The highest BCUT2D eigenvalue weighted by Gasteiger charge is 2.21. The van der Waals surface area contributed by atoms with E-state index < -0.39 is 0 Å². The largest absolute Gasteiger partial charge is 0.336 e. The van der Waals surface area contributed by atoms with Gasteiger partial charge in [0.2, 0.25) is 0 Å². The van der Waals surface area contributed by atoms with Gasteiger partial charge in [-0.1, -0.05) is 42.5 Å². The summed E-state index contributed by atoms with van der Waals surface area (Å²) in [5, 5.41) is 6.17. The molecule has 0 saturated carbocycles. The van der Waals surface area contributed by atoms with E-state index in [-0.39, 0.29) is 23.9 Å². The van der Waals surface area contributed by atoms with E-state index in [0.717, 1.165) is 50.9 Å². The molecule has 28 heavy (non-hydrogen) atoms. The third-order valence-electron chi connectivity index (χ3n) is 5.33. The monoisotopic (exact) mass is 383 g/mol. The number of halogens is 1. The SMILES string of the molecule is CC(CCc1ccccc1)NC(=O)NC1CCN(Cc2ccc(F)cc2)CC1. The minimum Gasteiger partial charge on any atom is -0.336 e. The van der Waals surface area contributed by atoms with Crippen LogP contribution in [-0.2, 0) is 13.0 Å². The maximum absolute atomic E-state index is 13.0. The van der Waals surface area contributed by atoms with Crippen molar-refractivity contribution in [2.45, 2.75) is 51.2 Å². The topological polar surface area (TPSA) is 44.4 Å². The number of hydrogen-bond donors (Lipinski definition) is 2. The molecule has 1 unspecified atom stereocenters. The van der Waals surface area contributed by atoms with Crippen molar-refractivity contribution in [2.75, 3.05) is 13.1 Å². The third kappa shape index (κ3) is 6.64. The summed E-state index contributed by atoms with van der Waals surface area (Å²) in [5.41, 5.74) is 2.42. The molecule has 1 aliphatic heterocycles. The molecule has 1 fully saturated rings. The minimum absolute atomic E-state index is 0.0717. The summed E-state index contributed by atoms with van der Waals surface area (Å²) >= 11 is 0. The number of carbonyl (C=O) groups is 1. The van der Waals surface area contributed by atoms with Crippen LogP contribution in [0, 0.1) is 5.82 Å². The van der Waals surface area contributed by atoms with Crippen LogP contribution in [0.5, 0.6) is 0 Å². The lowest BCUT2D eigenvalue weighted by atomic mass is 10.0. The first-order valence-electron chi connectivity index (χ1n) is 10.2. The van der Waals surface area contributed by atoms with Crippen molar-refractivity contribution in [3.05, 3.63) is 71.5 Å². The summed E-state index contributed by atoms with van der Waals surface area (Å²) < 4.78 is 13.0. The Morgan fingerprint density at radius 2 is 1.75 bits per heavy atom. The lowest BCUT2D eigenvalue weighted by Crippen LogP contribution is -2.49. The summed E-state index contributed by atoms with van der Waals surface area (Å²) in [6, 6.07) is 17.3. The normalized spacial score (nSPS) is 16.5. The van der Waals surface area contributed by atoms with E-state index in [2.05, 4.69) is 27.7 Å². The van der Waals surface area contributed by atoms with Crippen molar-refractivity contribution in [1.82, 2.24) is 15.5 Å². The first-order valence-corrected chi connectivity index (χ1v) is 10.2. The molecule has 2 aromatic carbocycles. The van der Waals surface area contributed by atoms with E-state index in [1.54, 1.807) is 0 Å². The van der Waals surface area contributed by atoms with Crippen LogP contribution in [0.3, 0.4) is 0 Å². The van der Waals surface area contributed by atoms with Gasteiger partial charge in [-0.05, 0) is 55.9 Å². The Morgan fingerprint density at radius 3 is 2.43 bits per heavy atom. The highest BCUT2D eigenvalue weighted by Crippen LogP contribution is 2.14. The number of piperidine rings is 1. The van der Waals surface area contributed by atoms with Crippen LogP contribution < -0.4 is 10.6 Å². The number of benzene rings is 2. The lowest BCUT2D eigenvalue weighted by Gasteiger charge is -2.32. The van der Waals surface area contributed by atoms with E-state index in [1.807, 2.05) is 37.3 Å². The summed E-state index contributed by atoms with van der Waals surface area (Å²) in [6.45, 7) is 4.75. The second-order valence-electron chi connectivity index (χ2n) is 7.72. The Balaban J connectivity index is 1.33. The van der Waals surface area contributed by atoms with Crippen LogP contribution in [0.25, 0.3) is 0 Å². The van der Waals surface area contributed by atoms with Crippen molar-refractivity contribution in [3.8, 4) is 0 Å². The summed E-state index contributed by atoms with van der Waals surface area (Å²) in [5.74, 6) is -0.198. The van der Waals surface area contributed by atoms with Gasteiger partial charge in [-0.25, -0.2) is 9.18 Å². The molecule has 1 heterocycles. The molecule has 0 aromatic heterocycles. The molecule has 2 aromatic rings. The minimum atomic E-state index is -0.198. The molecule has 2 N–H and O–H groups in total. The number of carbonyl (C=O) groups excluding carboxylic acids is 1. The van der Waals surface area contributed by atoms with E-state index in [1.165, 1.54) is 17.7 Å². The van der Waals surface area contributed by atoms with E-state index in [9.17, 15) is 9.18 Å². The molecule has 1 aliphatic rings. The number of nitrogens with one attached hydrogen (secondary N) is 2. The van der Waals surface area contributed by atoms with Crippen LogP contribution in [0.1, 0.15) is 37.3 Å². The van der Waals surface area contributed by atoms with Gasteiger partial charge in [0.15, 0.2) is 0 Å². The Bertz CT molecular complexity index is 727. The van der Waals surface area contributed by atoms with Crippen molar-refractivity contribution < 1.29 is 9.18 Å². The first-order chi connectivity index (χ1) is 13.6. The van der Waals surface area contributed by atoms with Crippen LogP contribution >= 0.6 is 0 Å². The van der Waals surface area contributed by atoms with Crippen molar-refractivity contribution in [1.29, 1.82) is 0 Å². The average molecular weight is 384 g/mol. The molecule has 150 valence electrons. The first kappa shape index (κ1) is 20.3. The van der Waals surface area contributed by atoms with Crippen molar-refractivity contribution in [3.63, 3.8) is 0 Å². The highest BCUT2D eigenvalue weighted by atomic mass is 19.1. The number of nitrogens with zero attached hydrogens (tertiary/aromatic N) is 1. The lowest BCUT2D eigenvalue weighted by molar-refractivity contribution is 0.185. The molecule has 0 radical (unpaired) electrons. The second-order valence-corrected chi connectivity index (χ2v) is 7.72. The van der Waals surface area contributed by atoms with E-state index in [0.29, 0.717) is 0 Å². The fourth-order valence-corrected chi connectivity index (χ4v) is 3.63. The molecule has 4 nitrogen and oxygen atoms in total. The molecule has 2 amide bonds. The van der Waals surface area contributed by atoms with Gasteiger partial charge in [0.25, 0.3) is 0 Å². The van der Waals surface area contributed by atoms with E-state index in [4.69, 9.17) is 0 Å². The summed E-state index contributed by atoms with van der Waals surface area (Å²) in [7, 11) is 0. The predicted molar refractivity (Wildman–Crippen MR) is 111 cm³/mol. The zero-order valence-corrected chi connectivity index (χ0v) is 16.5. The van der Waals surface area contributed by atoms with Gasteiger partial charge in [0.1, 0.15) is 5.82 Å². The number of likely N-dealkylation sites (tertiary alicyclic amines) is 1. The van der Waals surface area contributed by atoms with Crippen LogP contribution in [0.4, 0.5) is 9.18 Å². The number of rotatable bonds is 7. The number of aryl methyl sites for hydroxylation is 1. The molecule has 0 aliphatic carbocycles. The Labute approximate surface area is 167 Å². The molecule has 3 rings (SSSR count). The zero-order valence-electron chi connectivity index (χ0n) is 16.5. The van der Waals surface area contributed by atoms with Crippen molar-refractivity contribution in [2.24, 2.45) is 0 Å². The molecule has 0 spiro atoms. The predicted octanol–water partition coefficient (Wildman–Crippen LogP) is 4.11. The Kier molecular flexibility index (Phi) is 7.43. The Morgan fingerprint density at radius 1 is 1.07 bits per heavy atom. The quantitative estimate of drug-likeness (QED) is 0.756. The number of hydrogen-bond acceptors (Lipinski definition) is 2. The maximum Gasteiger partial charge on any atom is 0.315 e.